The standard InChI is InChI=1S/C28H41N3O4S2/c1-4-5-6-7-8-21-36-25-12-10-24(11-13-25)29-28(32)26-22-23(15-16-31-17-19-35-20-18-31)9-14-27(26)30(2)37(3,33)34/h9-14,22H,4-8,15-21H2,1-3H3,(H,29,32). The topological polar surface area (TPSA) is 79.0 Å². The van der Waals surface area contributed by atoms with Gasteiger partial charge in [0.25, 0.3) is 5.91 Å². The van der Waals surface area contributed by atoms with Crippen molar-refractivity contribution in [1.82, 2.24) is 4.90 Å². The molecule has 2 aromatic carbocycles. The number of morpholine rings is 1. The highest BCUT2D eigenvalue weighted by molar-refractivity contribution is 7.99. The average molecular weight is 548 g/mol. The second kappa shape index (κ2) is 14.8. The number of sulfonamides is 1. The molecule has 9 heteroatoms. The smallest absolute Gasteiger partial charge is 0.257 e. The van der Waals surface area contributed by atoms with E-state index in [2.05, 4.69) is 17.1 Å². The van der Waals surface area contributed by atoms with Crippen LogP contribution in [0.5, 0.6) is 0 Å². The Hall–Kier alpha value is -2.07. The highest BCUT2D eigenvalue weighted by Crippen LogP contribution is 2.26. The molecule has 1 fully saturated rings. The molecule has 1 N–H and O–H groups in total. The molecule has 204 valence electrons. The molecule has 0 saturated carbocycles. The Kier molecular flexibility index (Phi) is 11.8. The quantitative estimate of drug-likeness (QED) is 0.256. The second-order valence-electron chi connectivity index (χ2n) is 9.53. The minimum absolute atomic E-state index is 0.324. The maximum absolute atomic E-state index is 13.3. The summed E-state index contributed by atoms with van der Waals surface area (Å²) in [6.07, 6.45) is 8.25. The fourth-order valence-electron chi connectivity index (χ4n) is 4.21. The van der Waals surface area contributed by atoms with E-state index in [1.807, 2.05) is 48.2 Å². The summed E-state index contributed by atoms with van der Waals surface area (Å²) in [6, 6.07) is 13.3. The summed E-state index contributed by atoms with van der Waals surface area (Å²) in [5.74, 6) is 0.767. The van der Waals surface area contributed by atoms with Gasteiger partial charge in [-0.2, -0.15) is 0 Å². The van der Waals surface area contributed by atoms with Crippen LogP contribution in [-0.2, 0) is 21.2 Å². The van der Waals surface area contributed by atoms with Crippen LogP contribution in [0.3, 0.4) is 0 Å². The third kappa shape index (κ3) is 9.63. The number of hydrogen-bond donors (Lipinski definition) is 1. The van der Waals surface area contributed by atoms with Crippen molar-refractivity contribution in [2.45, 2.75) is 50.3 Å². The number of nitrogens with zero attached hydrogens (tertiary/aromatic N) is 2. The molecule has 0 aliphatic carbocycles. The summed E-state index contributed by atoms with van der Waals surface area (Å²) in [5, 5.41) is 2.96. The largest absolute Gasteiger partial charge is 0.379 e. The van der Waals surface area contributed by atoms with Crippen LogP contribution >= 0.6 is 11.8 Å². The number of carbonyl (C=O) groups is 1. The Balaban J connectivity index is 1.67. The van der Waals surface area contributed by atoms with Crippen molar-refractivity contribution >= 4 is 39.1 Å². The van der Waals surface area contributed by atoms with Crippen molar-refractivity contribution in [2.75, 3.05) is 61.5 Å². The minimum Gasteiger partial charge on any atom is -0.379 e. The first-order valence-corrected chi connectivity index (χ1v) is 16.0. The fraction of sp³-hybridized carbons (Fsp3) is 0.536. The lowest BCUT2D eigenvalue weighted by atomic mass is 10.0. The zero-order valence-corrected chi connectivity index (χ0v) is 24.0. The van der Waals surface area contributed by atoms with Gasteiger partial charge in [0.15, 0.2) is 0 Å². The van der Waals surface area contributed by atoms with E-state index in [1.165, 1.54) is 44.0 Å². The van der Waals surface area contributed by atoms with Crippen LogP contribution in [0.4, 0.5) is 11.4 Å². The molecule has 1 heterocycles. The molecule has 0 atom stereocenters. The summed E-state index contributed by atoms with van der Waals surface area (Å²) in [4.78, 5) is 16.9. The number of ether oxygens (including phenoxy) is 1. The molecule has 0 bridgehead atoms. The van der Waals surface area contributed by atoms with Crippen LogP contribution < -0.4 is 9.62 Å². The first-order chi connectivity index (χ1) is 17.8. The van der Waals surface area contributed by atoms with E-state index in [0.29, 0.717) is 16.9 Å². The van der Waals surface area contributed by atoms with E-state index in [1.54, 1.807) is 6.07 Å². The lowest BCUT2D eigenvalue weighted by molar-refractivity contribution is 0.0384. The van der Waals surface area contributed by atoms with E-state index in [9.17, 15) is 13.2 Å². The van der Waals surface area contributed by atoms with Crippen LogP contribution in [0.15, 0.2) is 47.4 Å². The fourth-order valence-corrected chi connectivity index (χ4v) is 5.64. The van der Waals surface area contributed by atoms with Crippen LogP contribution in [-0.4, -0.2) is 71.1 Å². The van der Waals surface area contributed by atoms with Gasteiger partial charge in [-0.05, 0) is 60.6 Å². The molecule has 1 aliphatic heterocycles. The van der Waals surface area contributed by atoms with E-state index in [0.717, 1.165) is 61.1 Å². The van der Waals surface area contributed by atoms with Gasteiger partial charge < -0.3 is 10.1 Å². The molecule has 1 aliphatic rings. The van der Waals surface area contributed by atoms with Crippen LogP contribution in [0, 0.1) is 0 Å². The number of rotatable bonds is 14. The van der Waals surface area contributed by atoms with Crippen molar-refractivity contribution < 1.29 is 17.9 Å². The molecule has 1 amide bonds. The molecule has 0 unspecified atom stereocenters. The van der Waals surface area contributed by atoms with Crippen molar-refractivity contribution in [3.8, 4) is 0 Å². The number of unbranched alkanes of at least 4 members (excludes halogenated alkanes) is 4. The normalized spacial score (nSPS) is 14.5. The SMILES string of the molecule is CCCCCCCSc1ccc(NC(=O)c2cc(CCN3CCOCC3)ccc2N(C)S(C)(=O)=O)cc1. The zero-order valence-electron chi connectivity index (χ0n) is 22.4. The van der Waals surface area contributed by atoms with Crippen molar-refractivity contribution in [3.63, 3.8) is 0 Å². The Bertz CT molecular complexity index is 1100. The van der Waals surface area contributed by atoms with E-state index in [-0.39, 0.29) is 5.91 Å². The van der Waals surface area contributed by atoms with Gasteiger partial charge in [-0.15, -0.1) is 11.8 Å². The van der Waals surface area contributed by atoms with E-state index < -0.39 is 10.0 Å². The molecular weight excluding hydrogens is 506 g/mol. The molecule has 0 radical (unpaired) electrons. The number of hydrogen-bond acceptors (Lipinski definition) is 6. The first kappa shape index (κ1) is 29.5. The van der Waals surface area contributed by atoms with Gasteiger partial charge in [0.1, 0.15) is 0 Å². The Morgan fingerprint density at radius 2 is 1.76 bits per heavy atom. The monoisotopic (exact) mass is 547 g/mol. The van der Waals surface area contributed by atoms with Gasteiger partial charge in [0.2, 0.25) is 10.0 Å². The lowest BCUT2D eigenvalue weighted by Crippen LogP contribution is -2.37. The Morgan fingerprint density at radius 1 is 1.05 bits per heavy atom. The molecule has 0 aromatic heterocycles. The lowest BCUT2D eigenvalue weighted by Gasteiger charge is -2.26. The van der Waals surface area contributed by atoms with Crippen molar-refractivity contribution in [3.05, 3.63) is 53.6 Å². The van der Waals surface area contributed by atoms with E-state index >= 15 is 0 Å². The van der Waals surface area contributed by atoms with Crippen molar-refractivity contribution in [1.29, 1.82) is 0 Å². The number of carbonyl (C=O) groups excluding carboxylic acids is 1. The summed E-state index contributed by atoms with van der Waals surface area (Å²) < 4.78 is 31.1. The summed E-state index contributed by atoms with van der Waals surface area (Å²) in [6.45, 7) is 6.36. The third-order valence-electron chi connectivity index (χ3n) is 6.59. The molecule has 1 saturated heterocycles. The molecule has 2 aromatic rings. The maximum Gasteiger partial charge on any atom is 0.257 e. The molecule has 0 spiro atoms. The van der Waals surface area contributed by atoms with Crippen LogP contribution in [0.2, 0.25) is 0 Å². The second-order valence-corrected chi connectivity index (χ2v) is 12.7. The summed E-state index contributed by atoms with van der Waals surface area (Å²) >= 11 is 1.83. The van der Waals surface area contributed by atoms with Crippen LogP contribution in [0.1, 0.15) is 54.9 Å². The molecule has 7 nitrogen and oxygen atoms in total. The maximum atomic E-state index is 13.3. The number of thioether (sulfide) groups is 1. The molecular formula is C28H41N3O4S2. The van der Waals surface area contributed by atoms with Gasteiger partial charge in [-0.3, -0.25) is 14.0 Å². The first-order valence-electron chi connectivity index (χ1n) is 13.2. The van der Waals surface area contributed by atoms with Crippen LogP contribution in [0.25, 0.3) is 0 Å². The predicted molar refractivity (Wildman–Crippen MR) is 155 cm³/mol. The molecule has 37 heavy (non-hydrogen) atoms. The Labute approximate surface area is 227 Å². The highest BCUT2D eigenvalue weighted by atomic mass is 32.2. The van der Waals surface area contributed by atoms with Gasteiger partial charge in [0.05, 0.1) is 30.7 Å². The number of benzene rings is 2. The summed E-state index contributed by atoms with van der Waals surface area (Å²) in [5.41, 5.74) is 2.39. The third-order valence-corrected chi connectivity index (χ3v) is 8.88. The summed E-state index contributed by atoms with van der Waals surface area (Å²) in [7, 11) is -2.05. The van der Waals surface area contributed by atoms with Gasteiger partial charge in [-0.25, -0.2) is 8.42 Å². The Morgan fingerprint density at radius 3 is 2.43 bits per heavy atom. The number of anilines is 2. The number of amides is 1. The highest BCUT2D eigenvalue weighted by Gasteiger charge is 2.21. The zero-order chi connectivity index (χ0) is 26.7. The van der Waals surface area contributed by atoms with E-state index in [4.69, 9.17) is 4.74 Å². The van der Waals surface area contributed by atoms with Gasteiger partial charge in [-0.1, -0.05) is 38.7 Å². The number of nitrogens with one attached hydrogen (secondary N) is 1. The predicted octanol–water partition coefficient (Wildman–Crippen LogP) is 5.27. The molecule has 3 rings (SSSR count). The van der Waals surface area contributed by atoms with Crippen molar-refractivity contribution in [2.24, 2.45) is 0 Å². The minimum atomic E-state index is -3.52. The average Bonchev–Trinajstić information content (AvgIpc) is 2.90. The van der Waals surface area contributed by atoms with Gasteiger partial charge in [0, 0.05) is 37.3 Å². The van der Waals surface area contributed by atoms with Gasteiger partial charge >= 0.3 is 0 Å².